The predicted molar refractivity (Wildman–Crippen MR) is 158 cm³/mol. The van der Waals surface area contributed by atoms with Crippen LogP contribution in [0.3, 0.4) is 0 Å². The van der Waals surface area contributed by atoms with Crippen molar-refractivity contribution in [2.24, 2.45) is 5.10 Å². The Morgan fingerprint density at radius 3 is 2.52 bits per heavy atom. The van der Waals surface area contributed by atoms with Crippen molar-refractivity contribution in [3.8, 4) is 28.8 Å². The van der Waals surface area contributed by atoms with E-state index >= 15 is 0 Å². The fourth-order valence-electron chi connectivity index (χ4n) is 4.13. The summed E-state index contributed by atoms with van der Waals surface area (Å²) in [7, 11) is 1.55. The molecule has 7 nitrogen and oxygen atoms in total. The Hall–Kier alpha value is -5.00. The number of hydrazone groups is 1. The Balaban J connectivity index is 1.33. The first-order valence-electron chi connectivity index (χ1n) is 12.3. The monoisotopic (exact) mass is 590 g/mol. The highest BCUT2D eigenvalue weighted by atomic mass is 79.9. The molecule has 40 heavy (non-hydrogen) atoms. The number of para-hydroxylation sites is 1. The molecule has 1 N–H and O–H groups in total. The quantitative estimate of drug-likeness (QED) is 0.157. The number of fused-ring (bicyclic) bond motifs is 1. The fourth-order valence-corrected chi connectivity index (χ4v) is 4.71. The van der Waals surface area contributed by atoms with Gasteiger partial charge in [-0.05, 0) is 63.5 Å². The molecule has 0 saturated carbocycles. The SMILES string of the molecule is COc1cc(/C=N\NC(=O)c2cc(-c3ccccc3)nc3ccccc23)cc(Br)c1OCc1ccc(C#N)cc1. The highest BCUT2D eigenvalue weighted by molar-refractivity contribution is 9.10. The number of hydrogen-bond donors (Lipinski definition) is 1. The van der Waals surface area contributed by atoms with Crippen LogP contribution in [-0.4, -0.2) is 24.2 Å². The first-order valence-corrected chi connectivity index (χ1v) is 13.1. The van der Waals surface area contributed by atoms with E-state index in [9.17, 15) is 4.79 Å². The van der Waals surface area contributed by atoms with Crippen LogP contribution in [0.5, 0.6) is 11.5 Å². The number of carbonyl (C=O) groups is 1. The number of amides is 1. The van der Waals surface area contributed by atoms with E-state index in [4.69, 9.17) is 19.7 Å². The number of methoxy groups -OCH3 is 1. The number of carbonyl (C=O) groups excluding carboxylic acids is 1. The molecule has 8 heteroatoms. The number of nitrogens with zero attached hydrogens (tertiary/aromatic N) is 3. The van der Waals surface area contributed by atoms with Crippen LogP contribution in [0, 0.1) is 11.3 Å². The number of benzene rings is 4. The van der Waals surface area contributed by atoms with Crippen molar-refractivity contribution in [2.45, 2.75) is 6.61 Å². The summed E-state index contributed by atoms with van der Waals surface area (Å²) in [6.07, 6.45) is 1.54. The number of nitriles is 1. The minimum atomic E-state index is -0.347. The Bertz CT molecular complexity index is 1750. The summed E-state index contributed by atoms with van der Waals surface area (Å²) in [5, 5.41) is 13.9. The molecular formula is C32H23BrN4O3. The maximum absolute atomic E-state index is 13.2. The van der Waals surface area contributed by atoms with Gasteiger partial charge >= 0.3 is 0 Å². The van der Waals surface area contributed by atoms with Gasteiger partial charge < -0.3 is 9.47 Å². The molecule has 196 valence electrons. The van der Waals surface area contributed by atoms with Crippen LogP contribution in [0.2, 0.25) is 0 Å². The van der Waals surface area contributed by atoms with Crippen molar-refractivity contribution >= 4 is 39.0 Å². The Kier molecular flexibility index (Phi) is 8.14. The molecule has 0 fully saturated rings. The maximum Gasteiger partial charge on any atom is 0.272 e. The van der Waals surface area contributed by atoms with Gasteiger partial charge in [-0.3, -0.25) is 4.79 Å². The van der Waals surface area contributed by atoms with E-state index < -0.39 is 0 Å². The zero-order valence-electron chi connectivity index (χ0n) is 21.5. The fraction of sp³-hybridized carbons (Fsp3) is 0.0625. The van der Waals surface area contributed by atoms with E-state index in [1.54, 1.807) is 31.4 Å². The number of nitrogens with one attached hydrogen (secondary N) is 1. The van der Waals surface area contributed by atoms with Crippen molar-refractivity contribution in [1.29, 1.82) is 5.26 Å². The molecule has 0 radical (unpaired) electrons. The van der Waals surface area contributed by atoms with Gasteiger partial charge in [-0.15, -0.1) is 0 Å². The van der Waals surface area contributed by atoms with Crippen LogP contribution >= 0.6 is 15.9 Å². The Labute approximate surface area is 239 Å². The summed E-state index contributed by atoms with van der Waals surface area (Å²) < 4.78 is 12.2. The number of ether oxygens (including phenoxy) is 2. The molecule has 0 aliphatic carbocycles. The lowest BCUT2D eigenvalue weighted by molar-refractivity contribution is 0.0956. The standard InChI is InChI=1S/C32H23BrN4O3/c1-39-30-16-23(15-27(33)31(30)40-20-22-13-11-21(18-34)12-14-22)19-35-37-32(38)26-17-29(24-7-3-2-4-8-24)36-28-10-6-5-9-25(26)28/h2-17,19H,20H2,1H3,(H,37,38)/b35-19-. The molecule has 1 amide bonds. The van der Waals surface area contributed by atoms with Crippen molar-refractivity contribution in [1.82, 2.24) is 10.4 Å². The highest BCUT2D eigenvalue weighted by Crippen LogP contribution is 2.37. The van der Waals surface area contributed by atoms with E-state index in [0.717, 1.165) is 22.0 Å². The van der Waals surface area contributed by atoms with Crippen molar-refractivity contribution < 1.29 is 14.3 Å². The number of hydrogen-bond acceptors (Lipinski definition) is 6. The Morgan fingerprint density at radius 1 is 1.02 bits per heavy atom. The number of rotatable bonds is 8. The van der Waals surface area contributed by atoms with Crippen molar-refractivity contribution in [2.75, 3.05) is 7.11 Å². The molecule has 0 aliphatic heterocycles. The third-order valence-corrected chi connectivity index (χ3v) is 6.72. The second-order valence-corrected chi connectivity index (χ2v) is 9.62. The van der Waals surface area contributed by atoms with Gasteiger partial charge in [0.1, 0.15) is 6.61 Å². The predicted octanol–water partition coefficient (Wildman–Crippen LogP) is 6.89. The van der Waals surface area contributed by atoms with Gasteiger partial charge in [0.05, 0.1) is 46.2 Å². The molecule has 0 bridgehead atoms. The lowest BCUT2D eigenvalue weighted by atomic mass is 10.0. The molecule has 4 aromatic carbocycles. The van der Waals surface area contributed by atoms with Crippen LogP contribution in [-0.2, 0) is 6.61 Å². The first-order chi connectivity index (χ1) is 19.6. The van der Waals surface area contributed by atoms with Crippen LogP contribution in [0.15, 0.2) is 107 Å². The number of aromatic nitrogens is 1. The smallest absolute Gasteiger partial charge is 0.272 e. The van der Waals surface area contributed by atoms with Gasteiger partial charge in [0, 0.05) is 10.9 Å². The molecule has 5 rings (SSSR count). The molecule has 0 saturated heterocycles. The van der Waals surface area contributed by atoms with Gasteiger partial charge in [-0.2, -0.15) is 10.4 Å². The number of pyridine rings is 1. The minimum absolute atomic E-state index is 0.301. The average molecular weight is 591 g/mol. The highest BCUT2D eigenvalue weighted by Gasteiger charge is 2.14. The van der Waals surface area contributed by atoms with Crippen LogP contribution in [0.4, 0.5) is 0 Å². The second kappa shape index (κ2) is 12.2. The summed E-state index contributed by atoms with van der Waals surface area (Å²) in [5.74, 6) is 0.689. The van der Waals surface area contributed by atoms with Crippen LogP contribution in [0.25, 0.3) is 22.2 Å². The molecule has 1 aromatic heterocycles. The zero-order valence-corrected chi connectivity index (χ0v) is 23.1. The maximum atomic E-state index is 13.2. The van der Waals surface area contributed by atoms with E-state index in [-0.39, 0.29) is 5.91 Å². The third-order valence-electron chi connectivity index (χ3n) is 6.13. The number of halogens is 1. The summed E-state index contributed by atoms with van der Waals surface area (Å²) in [6.45, 7) is 0.301. The van der Waals surface area contributed by atoms with E-state index in [2.05, 4.69) is 32.5 Å². The van der Waals surface area contributed by atoms with Crippen LogP contribution < -0.4 is 14.9 Å². The minimum Gasteiger partial charge on any atom is -0.493 e. The van der Waals surface area contributed by atoms with Crippen molar-refractivity contribution in [3.63, 3.8) is 0 Å². The zero-order chi connectivity index (χ0) is 27.9. The first kappa shape index (κ1) is 26.6. The van der Waals surface area contributed by atoms with Gasteiger partial charge in [0.25, 0.3) is 5.91 Å². The largest absolute Gasteiger partial charge is 0.493 e. The Morgan fingerprint density at radius 2 is 1.77 bits per heavy atom. The van der Waals surface area contributed by atoms with Crippen LogP contribution in [0.1, 0.15) is 27.0 Å². The van der Waals surface area contributed by atoms with Gasteiger partial charge in [0.15, 0.2) is 11.5 Å². The van der Waals surface area contributed by atoms with Gasteiger partial charge in [0.2, 0.25) is 0 Å². The normalized spacial score (nSPS) is 10.8. The van der Waals surface area contributed by atoms with E-state index in [1.165, 1.54) is 6.21 Å². The molecule has 5 aromatic rings. The van der Waals surface area contributed by atoms with E-state index in [1.807, 2.05) is 72.8 Å². The molecular weight excluding hydrogens is 568 g/mol. The molecule has 0 spiro atoms. The topological polar surface area (TPSA) is 96.6 Å². The molecule has 1 heterocycles. The lowest BCUT2D eigenvalue weighted by Gasteiger charge is -2.13. The second-order valence-electron chi connectivity index (χ2n) is 8.77. The van der Waals surface area contributed by atoms with Gasteiger partial charge in [-0.1, -0.05) is 60.7 Å². The third kappa shape index (κ3) is 6.01. The average Bonchev–Trinajstić information content (AvgIpc) is 3.00. The lowest BCUT2D eigenvalue weighted by Crippen LogP contribution is -2.18. The molecule has 0 unspecified atom stereocenters. The van der Waals surface area contributed by atoms with E-state index in [0.29, 0.717) is 45.0 Å². The van der Waals surface area contributed by atoms with Gasteiger partial charge in [-0.25, -0.2) is 10.4 Å². The summed E-state index contributed by atoms with van der Waals surface area (Å²) >= 11 is 3.55. The summed E-state index contributed by atoms with van der Waals surface area (Å²) in [4.78, 5) is 17.9. The molecule has 0 aliphatic rings. The summed E-state index contributed by atoms with van der Waals surface area (Å²) in [5.41, 5.74) is 7.67. The van der Waals surface area contributed by atoms with Crippen molar-refractivity contribution in [3.05, 3.63) is 124 Å². The summed E-state index contributed by atoms with van der Waals surface area (Å²) in [6, 6.07) is 31.9. The molecule has 0 atom stereocenters.